The minimum atomic E-state index is 0.422. The van der Waals surface area contributed by atoms with Gasteiger partial charge in [0.15, 0.2) is 0 Å². The number of alkyl halides is 1. The van der Waals surface area contributed by atoms with Gasteiger partial charge in [-0.25, -0.2) is 0 Å². The summed E-state index contributed by atoms with van der Waals surface area (Å²) in [5, 5.41) is 1.43. The summed E-state index contributed by atoms with van der Waals surface area (Å²) >= 11 is 18.0. The Morgan fingerprint density at radius 3 is 2.19 bits per heavy atom. The molecule has 0 atom stereocenters. The van der Waals surface area contributed by atoms with Gasteiger partial charge in [-0.3, -0.25) is 4.90 Å². The lowest BCUT2D eigenvalue weighted by Gasteiger charge is -2.26. The zero-order valence-electron chi connectivity index (χ0n) is 9.51. The average molecular weight is 281 g/mol. The number of hydrogen-bond donors (Lipinski definition) is 0. The predicted molar refractivity (Wildman–Crippen MR) is 72.7 cm³/mol. The fraction of sp³-hybridized carbons (Fsp3) is 0.500. The molecule has 0 N–H and O–H groups in total. The Balaban J connectivity index is 2.84. The molecular weight excluding hydrogens is 264 g/mol. The van der Waals surface area contributed by atoms with Crippen molar-refractivity contribution >= 4 is 34.8 Å². The van der Waals surface area contributed by atoms with E-state index in [1.54, 1.807) is 0 Å². The van der Waals surface area contributed by atoms with Crippen LogP contribution in [0.1, 0.15) is 19.4 Å². The van der Waals surface area contributed by atoms with E-state index in [2.05, 4.69) is 18.7 Å². The van der Waals surface area contributed by atoms with Crippen LogP contribution >= 0.6 is 34.8 Å². The highest BCUT2D eigenvalue weighted by atomic mass is 35.5. The normalized spacial score (nSPS) is 11.4. The van der Waals surface area contributed by atoms with Crippen LogP contribution in [0.2, 0.25) is 10.0 Å². The van der Waals surface area contributed by atoms with Crippen LogP contribution in [-0.4, -0.2) is 23.4 Å². The van der Waals surface area contributed by atoms with Crippen LogP contribution in [0.4, 0.5) is 0 Å². The number of benzene rings is 1. The maximum Gasteiger partial charge on any atom is 0.0465 e. The summed E-state index contributed by atoms with van der Waals surface area (Å²) in [5.41, 5.74) is 0.977. The molecule has 0 aliphatic rings. The second-order valence-electron chi connectivity index (χ2n) is 3.95. The molecule has 0 unspecified atom stereocenters. The first-order valence-electron chi connectivity index (χ1n) is 5.29. The molecule has 16 heavy (non-hydrogen) atoms. The van der Waals surface area contributed by atoms with E-state index in [0.29, 0.717) is 22.0 Å². The predicted octanol–water partition coefficient (Wildman–Crippen LogP) is 4.44. The largest absolute Gasteiger partial charge is 0.295 e. The second-order valence-corrected chi connectivity index (χ2v) is 5.15. The molecule has 0 heterocycles. The Labute approximate surface area is 112 Å². The molecule has 1 rings (SSSR count). The molecule has 0 aliphatic carbocycles. The minimum Gasteiger partial charge on any atom is -0.295 e. The van der Waals surface area contributed by atoms with Crippen LogP contribution in [-0.2, 0) is 6.54 Å². The molecule has 90 valence electrons. The van der Waals surface area contributed by atoms with Gasteiger partial charge in [0.05, 0.1) is 0 Å². The zero-order chi connectivity index (χ0) is 12.1. The van der Waals surface area contributed by atoms with Crippen LogP contribution in [0, 0.1) is 0 Å². The molecule has 0 spiro atoms. The summed E-state index contributed by atoms with van der Waals surface area (Å²) < 4.78 is 0. The van der Waals surface area contributed by atoms with Crippen molar-refractivity contribution < 1.29 is 0 Å². The number of halogens is 3. The van der Waals surface area contributed by atoms with E-state index in [4.69, 9.17) is 34.8 Å². The zero-order valence-corrected chi connectivity index (χ0v) is 11.8. The third-order valence-electron chi connectivity index (χ3n) is 2.52. The Hall–Kier alpha value is 0.0500. The van der Waals surface area contributed by atoms with E-state index in [9.17, 15) is 0 Å². The molecule has 0 amide bonds. The van der Waals surface area contributed by atoms with Gasteiger partial charge >= 0.3 is 0 Å². The number of hydrogen-bond acceptors (Lipinski definition) is 1. The molecule has 1 nitrogen and oxygen atoms in total. The summed E-state index contributed by atoms with van der Waals surface area (Å²) in [6.07, 6.45) is 0. The van der Waals surface area contributed by atoms with E-state index >= 15 is 0 Å². The lowest BCUT2D eigenvalue weighted by Crippen LogP contribution is -2.32. The molecule has 0 aliphatic heterocycles. The minimum absolute atomic E-state index is 0.422. The Morgan fingerprint density at radius 1 is 1.19 bits per heavy atom. The average Bonchev–Trinajstić information content (AvgIpc) is 2.21. The molecule has 4 heteroatoms. The van der Waals surface area contributed by atoms with Crippen molar-refractivity contribution in [2.24, 2.45) is 0 Å². The topological polar surface area (TPSA) is 3.24 Å². The van der Waals surface area contributed by atoms with Gasteiger partial charge < -0.3 is 0 Å². The standard InChI is InChI=1S/C12H16Cl3N/c1-9(2)16(7-6-13)8-10-11(14)4-3-5-12(10)15/h3-5,9H,6-8H2,1-2H3. The summed E-state index contributed by atoms with van der Waals surface area (Å²) in [7, 11) is 0. The van der Waals surface area contributed by atoms with Gasteiger partial charge in [0, 0.05) is 40.6 Å². The maximum atomic E-state index is 6.13. The van der Waals surface area contributed by atoms with Crippen LogP contribution in [0.25, 0.3) is 0 Å². The van der Waals surface area contributed by atoms with E-state index < -0.39 is 0 Å². The number of nitrogens with zero attached hydrogens (tertiary/aromatic N) is 1. The molecule has 0 aromatic heterocycles. The molecule has 0 fully saturated rings. The van der Waals surface area contributed by atoms with Crippen LogP contribution in [0.15, 0.2) is 18.2 Å². The van der Waals surface area contributed by atoms with Gasteiger partial charge in [-0.15, -0.1) is 11.6 Å². The first kappa shape index (κ1) is 14.1. The quantitative estimate of drug-likeness (QED) is 0.721. The van der Waals surface area contributed by atoms with Gasteiger partial charge in [0.25, 0.3) is 0 Å². The summed E-state index contributed by atoms with van der Waals surface area (Å²) in [4.78, 5) is 2.25. The molecule has 0 saturated heterocycles. The second kappa shape index (κ2) is 6.70. The molecule has 1 aromatic carbocycles. The highest BCUT2D eigenvalue weighted by molar-refractivity contribution is 6.35. The third-order valence-corrected chi connectivity index (χ3v) is 3.40. The van der Waals surface area contributed by atoms with Crippen molar-refractivity contribution in [2.75, 3.05) is 12.4 Å². The first-order chi connectivity index (χ1) is 7.56. The first-order valence-corrected chi connectivity index (χ1v) is 6.58. The highest BCUT2D eigenvalue weighted by Gasteiger charge is 2.13. The molecule has 0 radical (unpaired) electrons. The van der Waals surface area contributed by atoms with Crippen molar-refractivity contribution in [1.82, 2.24) is 4.90 Å². The molecule has 1 aromatic rings. The lowest BCUT2D eigenvalue weighted by molar-refractivity contribution is 0.226. The molecule has 0 saturated carbocycles. The fourth-order valence-electron chi connectivity index (χ4n) is 1.51. The van der Waals surface area contributed by atoms with Gasteiger partial charge in [0.2, 0.25) is 0 Å². The summed E-state index contributed by atoms with van der Waals surface area (Å²) in [5.74, 6) is 0.611. The lowest BCUT2D eigenvalue weighted by atomic mass is 10.2. The van der Waals surface area contributed by atoms with E-state index in [-0.39, 0.29) is 0 Å². The smallest absolute Gasteiger partial charge is 0.0465 e. The van der Waals surface area contributed by atoms with E-state index in [1.807, 2.05) is 18.2 Å². The molecule has 0 bridgehead atoms. The SMILES string of the molecule is CC(C)N(CCCl)Cc1c(Cl)cccc1Cl. The summed E-state index contributed by atoms with van der Waals surface area (Å²) in [6, 6.07) is 6.01. The van der Waals surface area contributed by atoms with Crippen molar-refractivity contribution in [3.05, 3.63) is 33.8 Å². The van der Waals surface area contributed by atoms with E-state index in [1.165, 1.54) is 0 Å². The van der Waals surface area contributed by atoms with Crippen LogP contribution in [0.3, 0.4) is 0 Å². The highest BCUT2D eigenvalue weighted by Crippen LogP contribution is 2.26. The van der Waals surface area contributed by atoms with Crippen molar-refractivity contribution in [3.8, 4) is 0 Å². The maximum absolute atomic E-state index is 6.13. The van der Waals surface area contributed by atoms with Crippen LogP contribution < -0.4 is 0 Å². The Kier molecular flexibility index (Phi) is 5.91. The fourth-order valence-corrected chi connectivity index (χ4v) is 2.25. The monoisotopic (exact) mass is 279 g/mol. The van der Waals surface area contributed by atoms with Gasteiger partial charge in [-0.1, -0.05) is 29.3 Å². The van der Waals surface area contributed by atoms with Crippen molar-refractivity contribution in [3.63, 3.8) is 0 Å². The van der Waals surface area contributed by atoms with Gasteiger partial charge in [-0.05, 0) is 26.0 Å². The Morgan fingerprint density at radius 2 is 1.75 bits per heavy atom. The van der Waals surface area contributed by atoms with Crippen molar-refractivity contribution in [1.29, 1.82) is 0 Å². The summed E-state index contributed by atoms with van der Waals surface area (Å²) in [6.45, 7) is 5.85. The van der Waals surface area contributed by atoms with Crippen LogP contribution in [0.5, 0.6) is 0 Å². The third kappa shape index (κ3) is 3.81. The number of rotatable bonds is 5. The van der Waals surface area contributed by atoms with Gasteiger partial charge in [0.1, 0.15) is 0 Å². The van der Waals surface area contributed by atoms with Crippen molar-refractivity contribution in [2.45, 2.75) is 26.4 Å². The molecular formula is C12H16Cl3N. The Bertz CT molecular complexity index is 319. The van der Waals surface area contributed by atoms with E-state index in [0.717, 1.165) is 18.7 Å². The van der Waals surface area contributed by atoms with Gasteiger partial charge in [-0.2, -0.15) is 0 Å².